The van der Waals surface area contributed by atoms with Crippen molar-refractivity contribution in [3.8, 4) is 5.75 Å². The van der Waals surface area contributed by atoms with E-state index in [-0.39, 0.29) is 11.3 Å². The van der Waals surface area contributed by atoms with Crippen LogP contribution in [0.2, 0.25) is 0 Å². The number of carbonyl (C=O) groups is 2. The van der Waals surface area contributed by atoms with Gasteiger partial charge >= 0.3 is 0 Å². The van der Waals surface area contributed by atoms with Crippen LogP contribution in [0.5, 0.6) is 5.75 Å². The van der Waals surface area contributed by atoms with Crippen molar-refractivity contribution in [1.29, 1.82) is 0 Å². The molecule has 0 aliphatic carbocycles. The van der Waals surface area contributed by atoms with Gasteiger partial charge in [0.15, 0.2) is 5.76 Å². The molecule has 4 heterocycles. The molecule has 0 bridgehead atoms. The number of hydrogen-bond acceptors (Lipinski definition) is 7. The number of unbranched alkanes of at least 4 members (excludes halogenated alkanes) is 2. The first-order valence-corrected chi connectivity index (χ1v) is 13.7. The molecule has 39 heavy (non-hydrogen) atoms. The highest BCUT2D eigenvalue weighted by Gasteiger charge is 2.46. The number of ether oxygens (including phenoxy) is 2. The lowest BCUT2D eigenvalue weighted by Gasteiger charge is -2.31. The van der Waals surface area contributed by atoms with Crippen LogP contribution in [0.1, 0.15) is 49.2 Å². The summed E-state index contributed by atoms with van der Waals surface area (Å²) in [5.74, 6) is -0.785. The molecule has 1 N–H and O–H groups in total. The third-order valence-corrected chi connectivity index (χ3v) is 7.44. The fourth-order valence-corrected chi connectivity index (χ4v) is 5.35. The van der Waals surface area contributed by atoms with Crippen LogP contribution in [0.25, 0.3) is 11.4 Å². The summed E-state index contributed by atoms with van der Waals surface area (Å²) >= 11 is 0. The van der Waals surface area contributed by atoms with Gasteiger partial charge in [-0.2, -0.15) is 0 Å². The minimum atomic E-state index is -0.728. The van der Waals surface area contributed by atoms with Gasteiger partial charge in [-0.05, 0) is 43.2 Å². The summed E-state index contributed by atoms with van der Waals surface area (Å²) in [5, 5.41) is 11.6. The van der Waals surface area contributed by atoms with Gasteiger partial charge in [-0.1, -0.05) is 38.0 Å². The van der Waals surface area contributed by atoms with Gasteiger partial charge in [0, 0.05) is 32.4 Å². The minimum absolute atomic E-state index is 0.0762. The van der Waals surface area contributed by atoms with Crippen molar-refractivity contribution in [3.05, 3.63) is 71.2 Å². The predicted octanol–water partition coefficient (Wildman–Crippen LogP) is 3.97. The van der Waals surface area contributed by atoms with E-state index in [1.807, 2.05) is 42.5 Å². The van der Waals surface area contributed by atoms with Crippen LogP contribution < -0.4 is 4.74 Å². The monoisotopic (exact) mass is 532 g/mol. The summed E-state index contributed by atoms with van der Waals surface area (Å²) < 4.78 is 13.1. The Balaban J connectivity index is 1.52. The highest BCUT2D eigenvalue weighted by molar-refractivity contribution is 6.46. The van der Waals surface area contributed by atoms with E-state index in [0.717, 1.165) is 43.7 Å². The zero-order chi connectivity index (χ0) is 27.4. The maximum absolute atomic E-state index is 13.5. The highest BCUT2D eigenvalue weighted by Crippen LogP contribution is 2.40. The molecular formula is C30H36N4O5. The van der Waals surface area contributed by atoms with Crippen molar-refractivity contribution >= 4 is 23.1 Å². The first-order chi connectivity index (χ1) is 19.0. The summed E-state index contributed by atoms with van der Waals surface area (Å²) in [6.07, 6.45) is 5.01. The number of aromatic nitrogens is 2. The fraction of sp³-hybridized carbons (Fsp3) is 0.433. The molecule has 3 aromatic rings. The third-order valence-electron chi connectivity index (χ3n) is 7.44. The summed E-state index contributed by atoms with van der Waals surface area (Å²) in [6.45, 7) is 8.39. The summed E-state index contributed by atoms with van der Waals surface area (Å²) in [6, 6.07) is 12.3. The molecule has 9 heteroatoms. The molecule has 1 aromatic carbocycles. The summed E-state index contributed by atoms with van der Waals surface area (Å²) in [4.78, 5) is 35.3. The number of aryl methyl sites for hydroxylation is 1. The maximum Gasteiger partial charge on any atom is 0.295 e. The number of fused-ring (bicyclic) bond motifs is 1. The van der Waals surface area contributed by atoms with Crippen LogP contribution in [-0.4, -0.2) is 82.0 Å². The van der Waals surface area contributed by atoms with Gasteiger partial charge in [-0.15, -0.1) is 0 Å². The number of rotatable bonds is 10. The molecule has 9 nitrogen and oxygen atoms in total. The number of Topliss-reactive ketones (excluding diaryl/α,β-unsaturated/α-hetero) is 1. The fourth-order valence-electron chi connectivity index (χ4n) is 5.35. The number of aliphatic hydroxyl groups excluding tert-OH is 1. The first-order valence-electron chi connectivity index (χ1n) is 13.7. The normalized spacial score (nSPS) is 19.7. The van der Waals surface area contributed by atoms with E-state index in [2.05, 4.69) is 16.8 Å². The van der Waals surface area contributed by atoms with Gasteiger partial charge < -0.3 is 19.5 Å². The molecule has 5 rings (SSSR count). The smallest absolute Gasteiger partial charge is 0.295 e. The average Bonchev–Trinajstić information content (AvgIpc) is 3.43. The quantitative estimate of drug-likeness (QED) is 0.183. The molecule has 2 saturated heterocycles. The van der Waals surface area contributed by atoms with Crippen LogP contribution >= 0.6 is 0 Å². The SMILES string of the molecule is CCCCCOc1ccc(C2C(=C(O)c3c(C)nc4ccccn34)C(=O)C(=O)N2CCN2CCOCC2)cc1. The molecule has 1 amide bonds. The molecule has 0 saturated carbocycles. The second-order valence-electron chi connectivity index (χ2n) is 10.0. The van der Waals surface area contributed by atoms with Gasteiger partial charge in [0.1, 0.15) is 17.1 Å². The van der Waals surface area contributed by atoms with Gasteiger partial charge in [0.05, 0.1) is 37.1 Å². The molecule has 0 radical (unpaired) electrons. The van der Waals surface area contributed by atoms with Crippen molar-refractivity contribution in [3.63, 3.8) is 0 Å². The molecule has 0 spiro atoms. The largest absolute Gasteiger partial charge is 0.505 e. The Morgan fingerprint density at radius 3 is 2.59 bits per heavy atom. The number of pyridine rings is 1. The van der Waals surface area contributed by atoms with Gasteiger partial charge in [-0.25, -0.2) is 4.98 Å². The highest BCUT2D eigenvalue weighted by atomic mass is 16.5. The number of ketones is 1. The van der Waals surface area contributed by atoms with Crippen molar-refractivity contribution < 1.29 is 24.2 Å². The molecule has 1 atom stereocenters. The summed E-state index contributed by atoms with van der Waals surface area (Å²) in [7, 11) is 0. The Bertz CT molecular complexity index is 1360. The van der Waals surface area contributed by atoms with Crippen LogP contribution in [0, 0.1) is 6.92 Å². The van der Waals surface area contributed by atoms with Crippen LogP contribution in [-0.2, 0) is 14.3 Å². The average molecular weight is 533 g/mol. The van der Waals surface area contributed by atoms with E-state index < -0.39 is 17.7 Å². The molecular weight excluding hydrogens is 496 g/mol. The number of hydrogen-bond donors (Lipinski definition) is 1. The standard InChI is InChI=1S/C30H36N4O5/c1-3-4-7-18-39-23-11-9-22(10-12-23)27-25(28(35)26-21(2)31-24-8-5-6-13-33(24)26)29(36)30(37)34(27)15-14-32-16-19-38-20-17-32/h5-6,8-13,27,35H,3-4,7,14-20H2,1-2H3. The lowest BCUT2D eigenvalue weighted by atomic mass is 9.96. The molecule has 1 unspecified atom stereocenters. The number of likely N-dealkylation sites (tertiary alicyclic amines) is 1. The molecule has 2 fully saturated rings. The Hall–Kier alpha value is -3.69. The molecule has 2 aliphatic rings. The lowest BCUT2D eigenvalue weighted by Crippen LogP contribution is -2.42. The van der Waals surface area contributed by atoms with E-state index in [9.17, 15) is 14.7 Å². The van der Waals surface area contributed by atoms with E-state index in [1.165, 1.54) is 0 Å². The molecule has 2 aliphatic heterocycles. The zero-order valence-electron chi connectivity index (χ0n) is 22.6. The Morgan fingerprint density at radius 2 is 1.85 bits per heavy atom. The van der Waals surface area contributed by atoms with Crippen molar-refractivity contribution in [1.82, 2.24) is 19.2 Å². The second kappa shape index (κ2) is 12.0. The molecule has 206 valence electrons. The number of amides is 1. The van der Waals surface area contributed by atoms with Gasteiger partial charge in [0.25, 0.3) is 11.7 Å². The lowest BCUT2D eigenvalue weighted by molar-refractivity contribution is -0.140. The van der Waals surface area contributed by atoms with E-state index in [1.54, 1.807) is 22.4 Å². The third kappa shape index (κ3) is 5.55. The van der Waals surface area contributed by atoms with E-state index >= 15 is 0 Å². The van der Waals surface area contributed by atoms with Crippen LogP contribution in [0.4, 0.5) is 0 Å². The van der Waals surface area contributed by atoms with Crippen molar-refractivity contribution in [2.75, 3.05) is 46.0 Å². The minimum Gasteiger partial charge on any atom is -0.505 e. The topological polar surface area (TPSA) is 96.6 Å². The Kier molecular flexibility index (Phi) is 8.28. The second-order valence-corrected chi connectivity index (χ2v) is 10.0. The molecule has 2 aromatic heterocycles. The number of aliphatic hydroxyl groups is 1. The number of morpholine rings is 1. The van der Waals surface area contributed by atoms with E-state index in [0.29, 0.717) is 49.9 Å². The van der Waals surface area contributed by atoms with Crippen LogP contribution in [0.15, 0.2) is 54.2 Å². The van der Waals surface area contributed by atoms with Crippen molar-refractivity contribution in [2.45, 2.75) is 39.2 Å². The van der Waals surface area contributed by atoms with Crippen LogP contribution in [0.3, 0.4) is 0 Å². The zero-order valence-corrected chi connectivity index (χ0v) is 22.6. The van der Waals surface area contributed by atoms with Gasteiger partial charge in [0.2, 0.25) is 0 Å². The Morgan fingerprint density at radius 1 is 1.08 bits per heavy atom. The number of nitrogens with zero attached hydrogens (tertiary/aromatic N) is 4. The van der Waals surface area contributed by atoms with Crippen molar-refractivity contribution in [2.24, 2.45) is 0 Å². The maximum atomic E-state index is 13.5. The number of imidazole rings is 1. The first kappa shape index (κ1) is 26.9. The number of benzene rings is 1. The number of carbonyl (C=O) groups excluding carboxylic acids is 2. The van der Waals surface area contributed by atoms with E-state index in [4.69, 9.17) is 9.47 Å². The Labute approximate surface area is 228 Å². The predicted molar refractivity (Wildman–Crippen MR) is 148 cm³/mol. The summed E-state index contributed by atoms with van der Waals surface area (Å²) in [5.41, 5.74) is 2.46. The van der Waals surface area contributed by atoms with Gasteiger partial charge in [-0.3, -0.25) is 18.9 Å².